The van der Waals surface area contributed by atoms with E-state index in [2.05, 4.69) is 26.3 Å². The largest absolute Gasteiger partial charge is 0.322 e. The fourth-order valence-corrected chi connectivity index (χ4v) is 2.58. The second kappa shape index (κ2) is 6.35. The number of hydrogen-bond donors (Lipinski definition) is 1. The maximum absolute atomic E-state index is 13.7. The van der Waals surface area contributed by atoms with E-state index in [4.69, 9.17) is 0 Å². The van der Waals surface area contributed by atoms with Crippen molar-refractivity contribution < 1.29 is 18.0 Å². The normalized spacial score (nSPS) is 14.3. The maximum atomic E-state index is 13.7. The summed E-state index contributed by atoms with van der Waals surface area (Å²) >= 11 is 3.11. The Morgan fingerprint density at radius 1 is 1.39 bits per heavy atom. The number of nitrogens with one attached hydrogen (secondary N) is 1. The molecule has 122 valence electrons. The summed E-state index contributed by atoms with van der Waals surface area (Å²) in [7, 11) is 0. The molecule has 0 unspecified atom stereocenters. The molecule has 0 bridgehead atoms. The molecular formula is C15H13BrF3N3O. The third kappa shape index (κ3) is 3.74. The number of carbonyl (C=O) groups is 1. The molecule has 1 aromatic carbocycles. The zero-order valence-electron chi connectivity index (χ0n) is 11.9. The minimum atomic E-state index is -2.72. The summed E-state index contributed by atoms with van der Waals surface area (Å²) in [5, 5.41) is 6.45. The van der Waals surface area contributed by atoms with Gasteiger partial charge in [-0.3, -0.25) is 9.48 Å². The predicted octanol–water partition coefficient (Wildman–Crippen LogP) is 4.24. The maximum Gasteiger partial charge on any atom is 0.280 e. The summed E-state index contributed by atoms with van der Waals surface area (Å²) in [6, 6.07) is 5.52. The van der Waals surface area contributed by atoms with Gasteiger partial charge in [-0.2, -0.15) is 5.10 Å². The minimum absolute atomic E-state index is 0.00799. The van der Waals surface area contributed by atoms with Crippen molar-refractivity contribution in [1.82, 2.24) is 9.78 Å². The molecule has 0 radical (unpaired) electrons. The van der Waals surface area contributed by atoms with Gasteiger partial charge >= 0.3 is 0 Å². The first-order valence-electron chi connectivity index (χ1n) is 7.04. The fourth-order valence-electron chi connectivity index (χ4n) is 2.25. The van der Waals surface area contributed by atoms with E-state index in [0.717, 1.165) is 17.5 Å². The second-order valence-electron chi connectivity index (χ2n) is 5.40. The predicted molar refractivity (Wildman–Crippen MR) is 81.9 cm³/mol. The van der Waals surface area contributed by atoms with Crippen LogP contribution in [0.3, 0.4) is 0 Å². The average Bonchev–Trinajstić information content (AvgIpc) is 3.23. The first-order chi connectivity index (χ1) is 10.9. The van der Waals surface area contributed by atoms with Gasteiger partial charge in [0.1, 0.15) is 18.1 Å². The first-order valence-corrected chi connectivity index (χ1v) is 7.84. The Hall–Kier alpha value is -1.83. The number of rotatable bonds is 5. The van der Waals surface area contributed by atoms with E-state index in [1.807, 2.05) is 0 Å². The van der Waals surface area contributed by atoms with Gasteiger partial charge in [0.25, 0.3) is 6.43 Å². The molecule has 0 atom stereocenters. The van der Waals surface area contributed by atoms with Crippen molar-refractivity contribution in [3.63, 3.8) is 0 Å². The molecule has 1 aromatic heterocycles. The van der Waals surface area contributed by atoms with Gasteiger partial charge in [-0.1, -0.05) is 15.9 Å². The molecule has 0 spiro atoms. The van der Waals surface area contributed by atoms with Crippen molar-refractivity contribution in [3.05, 3.63) is 45.9 Å². The fraction of sp³-hybridized carbons (Fsp3) is 0.333. The molecule has 1 aliphatic carbocycles. The molecule has 0 saturated heterocycles. The Morgan fingerprint density at radius 3 is 2.74 bits per heavy atom. The molecule has 1 saturated carbocycles. The van der Waals surface area contributed by atoms with Crippen LogP contribution in [-0.2, 0) is 11.3 Å². The Labute approximate surface area is 138 Å². The average molecular weight is 388 g/mol. The van der Waals surface area contributed by atoms with Crippen LogP contribution in [0.5, 0.6) is 0 Å². The topological polar surface area (TPSA) is 46.9 Å². The van der Waals surface area contributed by atoms with Crippen LogP contribution in [0.15, 0.2) is 28.7 Å². The molecule has 2 aromatic rings. The number of halogens is 4. The van der Waals surface area contributed by atoms with Gasteiger partial charge < -0.3 is 5.32 Å². The summed E-state index contributed by atoms with van der Waals surface area (Å²) in [5.41, 5.74) is 0.285. The monoisotopic (exact) mass is 387 g/mol. The highest BCUT2D eigenvalue weighted by atomic mass is 79.9. The first kappa shape index (κ1) is 16.0. The molecule has 1 fully saturated rings. The number of carbonyl (C=O) groups excluding carboxylic acids is 1. The van der Waals surface area contributed by atoms with Crippen LogP contribution in [0.4, 0.5) is 18.9 Å². The van der Waals surface area contributed by atoms with Crippen LogP contribution < -0.4 is 5.32 Å². The third-order valence-electron chi connectivity index (χ3n) is 3.55. The minimum Gasteiger partial charge on any atom is -0.322 e. The van der Waals surface area contributed by atoms with Gasteiger partial charge in [-0.15, -0.1) is 0 Å². The molecule has 0 aliphatic heterocycles. The Kier molecular flexibility index (Phi) is 4.43. The van der Waals surface area contributed by atoms with Gasteiger partial charge in [0.05, 0.1) is 11.4 Å². The van der Waals surface area contributed by atoms with E-state index in [9.17, 15) is 18.0 Å². The van der Waals surface area contributed by atoms with Gasteiger partial charge in [0.2, 0.25) is 5.91 Å². The lowest BCUT2D eigenvalue weighted by Crippen LogP contribution is -2.21. The molecule has 1 amide bonds. The van der Waals surface area contributed by atoms with E-state index < -0.39 is 18.1 Å². The van der Waals surface area contributed by atoms with E-state index in [1.165, 1.54) is 18.2 Å². The third-order valence-corrected chi connectivity index (χ3v) is 4.04. The van der Waals surface area contributed by atoms with Crippen LogP contribution in [0.1, 0.15) is 36.6 Å². The van der Waals surface area contributed by atoms with E-state index in [-0.39, 0.29) is 23.8 Å². The lowest BCUT2D eigenvalue weighted by molar-refractivity contribution is -0.117. The second-order valence-corrected chi connectivity index (χ2v) is 6.31. The number of amides is 1. The van der Waals surface area contributed by atoms with Crippen molar-refractivity contribution in [2.45, 2.75) is 31.7 Å². The number of hydrogen-bond acceptors (Lipinski definition) is 2. The van der Waals surface area contributed by atoms with E-state index >= 15 is 0 Å². The summed E-state index contributed by atoms with van der Waals surface area (Å²) in [4.78, 5) is 12.0. The number of nitrogens with zero attached hydrogens (tertiary/aromatic N) is 2. The smallest absolute Gasteiger partial charge is 0.280 e. The molecule has 8 heteroatoms. The van der Waals surface area contributed by atoms with Gasteiger partial charge in [-0.05, 0) is 37.1 Å². The Balaban J connectivity index is 1.74. The molecule has 3 rings (SSSR count). The molecule has 23 heavy (non-hydrogen) atoms. The molecular weight excluding hydrogens is 375 g/mol. The summed E-state index contributed by atoms with van der Waals surface area (Å²) in [5.74, 6) is -1.01. The van der Waals surface area contributed by atoms with Crippen molar-refractivity contribution in [2.75, 3.05) is 5.32 Å². The Morgan fingerprint density at radius 2 is 2.13 bits per heavy atom. The highest BCUT2D eigenvalue weighted by molar-refractivity contribution is 9.10. The lowest BCUT2D eigenvalue weighted by Gasteiger charge is -2.09. The molecule has 1 heterocycles. The van der Waals surface area contributed by atoms with Gasteiger partial charge in [0, 0.05) is 10.4 Å². The Bertz CT molecular complexity index is 744. The van der Waals surface area contributed by atoms with Crippen LogP contribution in [0.25, 0.3) is 0 Å². The van der Waals surface area contributed by atoms with Crippen LogP contribution in [-0.4, -0.2) is 15.7 Å². The number of benzene rings is 1. The van der Waals surface area contributed by atoms with Crippen LogP contribution in [0.2, 0.25) is 0 Å². The molecule has 4 nitrogen and oxygen atoms in total. The quantitative estimate of drug-likeness (QED) is 0.833. The SMILES string of the molecule is O=C(Cn1nc(C2CC2)cc1C(F)F)Nc1ccc(Br)cc1F. The van der Waals surface area contributed by atoms with E-state index in [1.54, 1.807) is 6.07 Å². The number of alkyl halides is 2. The van der Waals surface area contributed by atoms with Crippen LogP contribution in [0, 0.1) is 5.82 Å². The van der Waals surface area contributed by atoms with Crippen molar-refractivity contribution >= 4 is 27.5 Å². The van der Waals surface area contributed by atoms with Crippen molar-refractivity contribution in [1.29, 1.82) is 0 Å². The summed E-state index contributed by atoms with van der Waals surface area (Å²) < 4.78 is 41.3. The molecule has 1 N–H and O–H groups in total. The summed E-state index contributed by atoms with van der Waals surface area (Å²) in [6.07, 6.45) is -0.862. The van der Waals surface area contributed by atoms with Gasteiger partial charge in [0.15, 0.2) is 0 Å². The summed E-state index contributed by atoms with van der Waals surface area (Å²) in [6.45, 7) is -0.387. The zero-order chi connectivity index (χ0) is 16.6. The standard InChI is InChI=1S/C15H13BrF3N3O/c16-9-3-4-11(10(17)5-9)20-14(23)7-22-13(15(18)19)6-12(21-22)8-1-2-8/h3-6,8,15H,1-2,7H2,(H,20,23). The van der Waals surface area contributed by atoms with Crippen molar-refractivity contribution in [2.24, 2.45) is 0 Å². The lowest BCUT2D eigenvalue weighted by atomic mass is 10.3. The van der Waals surface area contributed by atoms with Gasteiger partial charge in [-0.25, -0.2) is 13.2 Å². The van der Waals surface area contributed by atoms with Crippen LogP contribution >= 0.6 is 15.9 Å². The van der Waals surface area contributed by atoms with E-state index in [0.29, 0.717) is 10.2 Å². The molecule has 1 aliphatic rings. The number of aromatic nitrogens is 2. The van der Waals surface area contributed by atoms with Crippen molar-refractivity contribution in [3.8, 4) is 0 Å². The highest BCUT2D eigenvalue weighted by Gasteiger charge is 2.29. The number of anilines is 1. The highest BCUT2D eigenvalue weighted by Crippen LogP contribution is 2.40. The zero-order valence-corrected chi connectivity index (χ0v) is 13.5.